The zero-order valence-electron chi connectivity index (χ0n) is 16.6. The van der Waals surface area contributed by atoms with Crippen molar-refractivity contribution in [2.24, 2.45) is 5.92 Å². The molecule has 1 atom stereocenters. The monoisotopic (exact) mass is 382 g/mol. The van der Waals surface area contributed by atoms with Gasteiger partial charge in [-0.15, -0.1) is 0 Å². The molecule has 1 fully saturated rings. The van der Waals surface area contributed by atoms with Gasteiger partial charge in [0.05, 0.1) is 12.6 Å². The lowest BCUT2D eigenvalue weighted by molar-refractivity contribution is -0.120. The van der Waals surface area contributed by atoms with Crippen molar-refractivity contribution < 1.29 is 14.3 Å². The summed E-state index contributed by atoms with van der Waals surface area (Å²) in [7, 11) is 0. The number of carbonyl (C=O) groups excluding carboxylic acids is 2. The molecule has 0 radical (unpaired) electrons. The number of hydrogen-bond acceptors (Lipinski definition) is 3. The average Bonchev–Trinajstić information content (AvgIpc) is 3.25. The van der Waals surface area contributed by atoms with Crippen LogP contribution in [0.2, 0.25) is 0 Å². The summed E-state index contributed by atoms with van der Waals surface area (Å²) in [5.41, 5.74) is 0.559. The maximum absolute atomic E-state index is 12.3. The second kappa shape index (κ2) is 10.2. The van der Waals surface area contributed by atoms with Crippen molar-refractivity contribution in [2.75, 3.05) is 19.7 Å². The lowest BCUT2D eigenvalue weighted by Crippen LogP contribution is -2.38. The molecule has 0 unspecified atom stereocenters. The first kappa shape index (κ1) is 20.3. The van der Waals surface area contributed by atoms with E-state index in [0.29, 0.717) is 24.6 Å². The largest absolute Gasteiger partial charge is 0.378 e. The van der Waals surface area contributed by atoms with Gasteiger partial charge in [-0.2, -0.15) is 0 Å². The second-order valence-electron chi connectivity index (χ2n) is 7.42. The maximum atomic E-state index is 12.3. The Labute approximate surface area is 166 Å². The van der Waals surface area contributed by atoms with Crippen LogP contribution in [0.25, 0.3) is 10.8 Å². The number of carbonyl (C=O) groups is 2. The van der Waals surface area contributed by atoms with E-state index in [9.17, 15) is 9.59 Å². The van der Waals surface area contributed by atoms with Crippen LogP contribution in [0, 0.1) is 5.92 Å². The molecule has 5 nitrogen and oxygen atoms in total. The summed E-state index contributed by atoms with van der Waals surface area (Å²) in [6.45, 7) is 3.28. The first-order chi connectivity index (χ1) is 13.7. The van der Waals surface area contributed by atoms with Gasteiger partial charge in [0.1, 0.15) is 0 Å². The number of nitrogens with one attached hydrogen (secondary N) is 2. The van der Waals surface area contributed by atoms with Crippen LogP contribution < -0.4 is 10.6 Å². The van der Waals surface area contributed by atoms with Gasteiger partial charge in [0.2, 0.25) is 5.91 Å². The Morgan fingerprint density at radius 1 is 1.07 bits per heavy atom. The van der Waals surface area contributed by atoms with Crippen molar-refractivity contribution in [1.82, 2.24) is 10.6 Å². The van der Waals surface area contributed by atoms with E-state index in [1.54, 1.807) is 6.07 Å². The van der Waals surface area contributed by atoms with Crippen LogP contribution in [0.1, 0.15) is 49.4 Å². The van der Waals surface area contributed by atoms with Crippen LogP contribution in [-0.4, -0.2) is 37.6 Å². The molecule has 2 amide bonds. The van der Waals surface area contributed by atoms with Crippen LogP contribution in [0.15, 0.2) is 42.5 Å². The molecule has 1 aliphatic rings. The summed E-state index contributed by atoms with van der Waals surface area (Å²) < 4.78 is 5.88. The lowest BCUT2D eigenvalue weighted by atomic mass is 9.98. The van der Waals surface area contributed by atoms with Gasteiger partial charge in [-0.25, -0.2) is 0 Å². The lowest BCUT2D eigenvalue weighted by Gasteiger charge is -2.23. The van der Waals surface area contributed by atoms with E-state index >= 15 is 0 Å². The fourth-order valence-corrected chi connectivity index (χ4v) is 4.01. The molecule has 0 aliphatic heterocycles. The number of rotatable bonds is 9. The smallest absolute Gasteiger partial charge is 0.251 e. The molecule has 2 N–H and O–H groups in total. The highest BCUT2D eigenvalue weighted by molar-refractivity contribution is 5.99. The van der Waals surface area contributed by atoms with Gasteiger partial charge < -0.3 is 15.4 Å². The topological polar surface area (TPSA) is 67.4 Å². The van der Waals surface area contributed by atoms with E-state index in [1.807, 2.05) is 43.3 Å². The Morgan fingerprint density at radius 3 is 2.57 bits per heavy atom. The fraction of sp³-hybridized carbons (Fsp3) is 0.478. The summed E-state index contributed by atoms with van der Waals surface area (Å²) in [6.07, 6.45) is 6.05. The van der Waals surface area contributed by atoms with Gasteiger partial charge in [-0.05, 0) is 55.0 Å². The third-order valence-corrected chi connectivity index (χ3v) is 5.48. The Balaban J connectivity index is 1.42. The number of ether oxygens (including phenoxy) is 1. The Kier molecular flexibility index (Phi) is 7.43. The predicted molar refractivity (Wildman–Crippen MR) is 111 cm³/mol. The highest BCUT2D eigenvalue weighted by Crippen LogP contribution is 2.30. The van der Waals surface area contributed by atoms with E-state index in [2.05, 4.69) is 10.6 Å². The molecule has 3 rings (SSSR count). The van der Waals surface area contributed by atoms with Gasteiger partial charge in [0.15, 0.2) is 0 Å². The Bertz CT molecular complexity index is 799. The summed E-state index contributed by atoms with van der Waals surface area (Å²) in [5, 5.41) is 7.69. The standard InChI is InChI=1S/C23H30N2O3/c1-2-28-21(18-8-4-5-9-18)13-14-24-22(26)16-25-23(27)20-12-11-17-7-3-6-10-19(17)15-20/h3,6-7,10-12,15,18,21H,2,4-5,8-9,13-14,16H2,1H3,(H,24,26)(H,25,27)/t21-/m0/s1. The van der Waals surface area contributed by atoms with Gasteiger partial charge in [0.25, 0.3) is 5.91 Å². The second-order valence-corrected chi connectivity index (χ2v) is 7.42. The minimum absolute atomic E-state index is 0.0195. The van der Waals surface area contributed by atoms with E-state index < -0.39 is 0 Å². The summed E-state index contributed by atoms with van der Waals surface area (Å²) >= 11 is 0. The molecular formula is C23H30N2O3. The molecule has 5 heteroatoms. The quantitative estimate of drug-likeness (QED) is 0.695. The molecule has 150 valence electrons. The van der Waals surface area contributed by atoms with Crippen LogP contribution >= 0.6 is 0 Å². The molecule has 0 aromatic heterocycles. The number of benzene rings is 2. The van der Waals surface area contributed by atoms with Crippen molar-refractivity contribution >= 4 is 22.6 Å². The average molecular weight is 383 g/mol. The molecule has 2 aromatic rings. The summed E-state index contributed by atoms with van der Waals surface area (Å²) in [4.78, 5) is 24.4. The minimum atomic E-state index is -0.237. The van der Waals surface area contributed by atoms with E-state index in [-0.39, 0.29) is 24.5 Å². The van der Waals surface area contributed by atoms with Crippen molar-refractivity contribution in [1.29, 1.82) is 0 Å². The van der Waals surface area contributed by atoms with Crippen molar-refractivity contribution in [2.45, 2.75) is 45.1 Å². The van der Waals surface area contributed by atoms with E-state index in [1.165, 1.54) is 25.7 Å². The molecule has 2 aromatic carbocycles. The molecular weight excluding hydrogens is 352 g/mol. The fourth-order valence-electron chi connectivity index (χ4n) is 4.01. The van der Waals surface area contributed by atoms with Crippen LogP contribution in [-0.2, 0) is 9.53 Å². The number of amides is 2. The molecule has 28 heavy (non-hydrogen) atoms. The molecule has 0 spiro atoms. The van der Waals surface area contributed by atoms with Crippen molar-refractivity contribution in [3.05, 3.63) is 48.0 Å². The Hall–Kier alpha value is -2.40. The van der Waals surface area contributed by atoms with E-state index in [0.717, 1.165) is 17.2 Å². The highest BCUT2D eigenvalue weighted by Gasteiger charge is 2.25. The van der Waals surface area contributed by atoms with Gasteiger partial charge in [-0.3, -0.25) is 9.59 Å². The molecule has 0 bridgehead atoms. The molecule has 0 heterocycles. The zero-order valence-corrected chi connectivity index (χ0v) is 16.6. The van der Waals surface area contributed by atoms with Crippen LogP contribution in [0.4, 0.5) is 0 Å². The number of hydrogen-bond donors (Lipinski definition) is 2. The molecule has 1 saturated carbocycles. The summed E-state index contributed by atoms with van der Waals surface area (Å²) in [6, 6.07) is 13.4. The first-order valence-electron chi connectivity index (χ1n) is 10.3. The van der Waals surface area contributed by atoms with Gasteiger partial charge in [0, 0.05) is 18.7 Å². The molecule has 0 saturated heterocycles. The van der Waals surface area contributed by atoms with Crippen LogP contribution in [0.3, 0.4) is 0 Å². The SMILES string of the molecule is CCO[C@@H](CCNC(=O)CNC(=O)c1ccc2ccccc2c1)C1CCCC1. The minimum Gasteiger partial charge on any atom is -0.378 e. The van der Waals surface area contributed by atoms with Crippen LogP contribution in [0.5, 0.6) is 0 Å². The Morgan fingerprint density at radius 2 is 1.82 bits per heavy atom. The normalized spacial score (nSPS) is 15.5. The first-order valence-corrected chi connectivity index (χ1v) is 10.3. The summed E-state index contributed by atoms with van der Waals surface area (Å²) in [5.74, 6) is 0.208. The maximum Gasteiger partial charge on any atom is 0.251 e. The highest BCUT2D eigenvalue weighted by atomic mass is 16.5. The van der Waals surface area contributed by atoms with Crippen molar-refractivity contribution in [3.63, 3.8) is 0 Å². The zero-order chi connectivity index (χ0) is 19.8. The van der Waals surface area contributed by atoms with Gasteiger partial charge >= 0.3 is 0 Å². The molecule has 1 aliphatic carbocycles. The van der Waals surface area contributed by atoms with Gasteiger partial charge in [-0.1, -0.05) is 43.2 Å². The number of fused-ring (bicyclic) bond motifs is 1. The predicted octanol–water partition coefficient (Wildman–Crippen LogP) is 3.67. The van der Waals surface area contributed by atoms with Crippen molar-refractivity contribution in [3.8, 4) is 0 Å². The van der Waals surface area contributed by atoms with E-state index in [4.69, 9.17) is 4.74 Å². The third kappa shape index (κ3) is 5.55. The third-order valence-electron chi connectivity index (χ3n) is 5.48.